The van der Waals surface area contributed by atoms with Gasteiger partial charge in [0.2, 0.25) is 5.95 Å². The Bertz CT molecular complexity index is 823. The number of hydrogen-bond donors (Lipinski definition) is 1. The Labute approximate surface area is 150 Å². The van der Waals surface area contributed by atoms with Crippen molar-refractivity contribution in [2.45, 2.75) is 5.03 Å². The van der Waals surface area contributed by atoms with Crippen molar-refractivity contribution in [1.82, 2.24) is 9.97 Å². The molecule has 1 N–H and O–H groups in total. The largest absolute Gasteiger partial charge is 0.497 e. The summed E-state index contributed by atoms with van der Waals surface area (Å²) in [6, 6.07) is 17.2. The fourth-order valence-electron chi connectivity index (χ4n) is 2.16. The second kappa shape index (κ2) is 7.55. The summed E-state index contributed by atoms with van der Waals surface area (Å²) in [5, 5.41) is 4.83. The Morgan fingerprint density at radius 2 is 1.71 bits per heavy atom. The van der Waals surface area contributed by atoms with Crippen molar-refractivity contribution < 1.29 is 4.74 Å². The zero-order chi connectivity index (χ0) is 16.9. The number of aromatic nitrogens is 2. The van der Waals surface area contributed by atoms with Gasteiger partial charge in [0.1, 0.15) is 10.8 Å². The molecule has 0 aliphatic heterocycles. The van der Waals surface area contributed by atoms with Crippen molar-refractivity contribution in [3.8, 4) is 17.0 Å². The molecule has 0 saturated carbocycles. The quantitative estimate of drug-likeness (QED) is 0.497. The first-order chi connectivity index (χ1) is 11.7. The molecule has 0 aliphatic carbocycles. The summed E-state index contributed by atoms with van der Waals surface area (Å²) in [5.41, 5.74) is 2.74. The highest BCUT2D eigenvalue weighted by atomic mass is 35.5. The molecule has 0 unspecified atom stereocenters. The molecule has 1 heterocycles. The number of halogens is 1. The number of rotatable bonds is 5. The van der Waals surface area contributed by atoms with E-state index in [0.29, 0.717) is 11.0 Å². The summed E-state index contributed by atoms with van der Waals surface area (Å²) in [4.78, 5) is 9.13. The third kappa shape index (κ3) is 3.99. The van der Waals surface area contributed by atoms with E-state index in [2.05, 4.69) is 15.3 Å². The average molecular weight is 358 g/mol. The van der Waals surface area contributed by atoms with E-state index in [4.69, 9.17) is 16.3 Å². The normalized spacial score (nSPS) is 10.5. The van der Waals surface area contributed by atoms with E-state index in [-0.39, 0.29) is 0 Å². The molecule has 3 rings (SSSR count). The summed E-state index contributed by atoms with van der Waals surface area (Å²) in [6.45, 7) is 0. The van der Waals surface area contributed by atoms with E-state index in [1.807, 2.05) is 60.9 Å². The molecule has 0 atom stereocenters. The summed E-state index contributed by atoms with van der Waals surface area (Å²) >= 11 is 7.54. The minimum atomic E-state index is 0.553. The number of nitrogens with zero attached hydrogens (tertiary/aromatic N) is 2. The zero-order valence-corrected chi connectivity index (χ0v) is 14.9. The molecule has 122 valence electrons. The van der Waals surface area contributed by atoms with Crippen molar-refractivity contribution in [3.05, 3.63) is 59.6 Å². The second-order valence-electron chi connectivity index (χ2n) is 4.98. The summed E-state index contributed by atoms with van der Waals surface area (Å²) in [5.74, 6) is 1.36. The van der Waals surface area contributed by atoms with E-state index in [1.165, 1.54) is 0 Å². The molecule has 6 heteroatoms. The standard InChI is InChI=1S/C18H16ClN3OS/c1-23-15-9-7-14(8-10-15)20-18-21-16(11-17(22-18)24-2)12-3-5-13(19)6-4-12/h3-11H,1-2H3,(H,20,21,22). The van der Waals surface area contributed by atoms with Crippen LogP contribution in [0.1, 0.15) is 0 Å². The number of anilines is 2. The monoisotopic (exact) mass is 357 g/mol. The van der Waals surface area contributed by atoms with Gasteiger partial charge in [-0.2, -0.15) is 0 Å². The second-order valence-corrected chi connectivity index (χ2v) is 6.24. The van der Waals surface area contributed by atoms with E-state index in [9.17, 15) is 0 Å². The van der Waals surface area contributed by atoms with Crippen LogP contribution in [-0.2, 0) is 0 Å². The molecule has 0 bridgehead atoms. The molecule has 0 saturated heterocycles. The number of nitrogens with one attached hydrogen (secondary N) is 1. The first-order valence-electron chi connectivity index (χ1n) is 7.28. The first kappa shape index (κ1) is 16.6. The van der Waals surface area contributed by atoms with Gasteiger partial charge >= 0.3 is 0 Å². The maximum absolute atomic E-state index is 5.96. The van der Waals surface area contributed by atoms with E-state index < -0.39 is 0 Å². The lowest BCUT2D eigenvalue weighted by molar-refractivity contribution is 0.415. The number of hydrogen-bond acceptors (Lipinski definition) is 5. The lowest BCUT2D eigenvalue weighted by Crippen LogP contribution is -1.99. The van der Waals surface area contributed by atoms with Crippen LogP contribution >= 0.6 is 23.4 Å². The van der Waals surface area contributed by atoms with E-state index in [1.54, 1.807) is 18.9 Å². The van der Waals surface area contributed by atoms with E-state index in [0.717, 1.165) is 27.7 Å². The highest BCUT2D eigenvalue weighted by Gasteiger charge is 2.07. The predicted octanol–water partition coefficient (Wildman–Crippen LogP) is 5.27. The Morgan fingerprint density at radius 3 is 2.33 bits per heavy atom. The lowest BCUT2D eigenvalue weighted by Gasteiger charge is -2.09. The van der Waals surface area contributed by atoms with Crippen molar-refractivity contribution in [2.24, 2.45) is 0 Å². The number of methoxy groups -OCH3 is 1. The van der Waals surface area contributed by atoms with Gasteiger partial charge in [0.15, 0.2) is 0 Å². The van der Waals surface area contributed by atoms with Gasteiger partial charge in [-0.25, -0.2) is 9.97 Å². The van der Waals surface area contributed by atoms with Crippen molar-refractivity contribution in [2.75, 3.05) is 18.7 Å². The summed E-state index contributed by atoms with van der Waals surface area (Å²) in [7, 11) is 1.64. The maximum atomic E-state index is 5.96. The molecular formula is C18H16ClN3OS. The molecule has 0 aliphatic rings. The van der Waals surface area contributed by atoms with Crippen LogP contribution in [0.15, 0.2) is 59.6 Å². The number of benzene rings is 2. The van der Waals surface area contributed by atoms with Gasteiger partial charge in [-0.05, 0) is 48.7 Å². The fraction of sp³-hybridized carbons (Fsp3) is 0.111. The lowest BCUT2D eigenvalue weighted by atomic mass is 10.1. The van der Waals surface area contributed by atoms with Gasteiger partial charge in [-0.15, -0.1) is 11.8 Å². The smallest absolute Gasteiger partial charge is 0.228 e. The highest BCUT2D eigenvalue weighted by molar-refractivity contribution is 7.98. The van der Waals surface area contributed by atoms with Crippen LogP contribution < -0.4 is 10.1 Å². The minimum absolute atomic E-state index is 0.553. The maximum Gasteiger partial charge on any atom is 0.228 e. The molecule has 0 radical (unpaired) electrons. The average Bonchev–Trinajstić information content (AvgIpc) is 2.62. The van der Waals surface area contributed by atoms with Gasteiger partial charge in [-0.3, -0.25) is 0 Å². The molecular weight excluding hydrogens is 342 g/mol. The topological polar surface area (TPSA) is 47.0 Å². The third-order valence-electron chi connectivity index (χ3n) is 3.40. The predicted molar refractivity (Wildman–Crippen MR) is 101 cm³/mol. The van der Waals surface area contributed by atoms with Crippen LogP contribution in [0.2, 0.25) is 5.02 Å². The fourth-order valence-corrected chi connectivity index (χ4v) is 2.69. The Hall–Kier alpha value is -2.24. The SMILES string of the molecule is COc1ccc(Nc2nc(SC)cc(-c3ccc(Cl)cc3)n2)cc1. The first-order valence-corrected chi connectivity index (χ1v) is 8.88. The number of thioether (sulfide) groups is 1. The zero-order valence-electron chi connectivity index (χ0n) is 13.3. The molecule has 0 fully saturated rings. The van der Waals surface area contributed by atoms with Crippen molar-refractivity contribution >= 4 is 35.0 Å². The van der Waals surface area contributed by atoms with Crippen LogP contribution in [0.3, 0.4) is 0 Å². The van der Waals surface area contributed by atoms with Gasteiger partial charge in [0.25, 0.3) is 0 Å². The Balaban J connectivity index is 1.92. The molecule has 24 heavy (non-hydrogen) atoms. The number of ether oxygens (including phenoxy) is 1. The highest BCUT2D eigenvalue weighted by Crippen LogP contribution is 2.26. The molecule has 4 nitrogen and oxygen atoms in total. The molecule has 2 aromatic carbocycles. The van der Waals surface area contributed by atoms with Crippen LogP contribution in [0.4, 0.5) is 11.6 Å². The molecule has 3 aromatic rings. The van der Waals surface area contributed by atoms with Crippen LogP contribution in [0.25, 0.3) is 11.3 Å². The van der Waals surface area contributed by atoms with Crippen LogP contribution in [0, 0.1) is 0 Å². The summed E-state index contributed by atoms with van der Waals surface area (Å²) < 4.78 is 5.17. The Kier molecular flexibility index (Phi) is 5.23. The third-order valence-corrected chi connectivity index (χ3v) is 4.28. The van der Waals surface area contributed by atoms with Gasteiger partial charge in [-0.1, -0.05) is 23.7 Å². The molecule has 0 amide bonds. The van der Waals surface area contributed by atoms with Crippen LogP contribution in [-0.4, -0.2) is 23.3 Å². The van der Waals surface area contributed by atoms with Gasteiger partial charge in [0.05, 0.1) is 12.8 Å². The minimum Gasteiger partial charge on any atom is -0.497 e. The molecule has 1 aromatic heterocycles. The van der Waals surface area contributed by atoms with Gasteiger partial charge < -0.3 is 10.1 Å². The van der Waals surface area contributed by atoms with Crippen LogP contribution in [0.5, 0.6) is 5.75 Å². The van der Waals surface area contributed by atoms with Crippen molar-refractivity contribution in [3.63, 3.8) is 0 Å². The summed E-state index contributed by atoms with van der Waals surface area (Å²) in [6.07, 6.45) is 1.99. The Morgan fingerprint density at radius 1 is 1.00 bits per heavy atom. The van der Waals surface area contributed by atoms with Gasteiger partial charge in [0, 0.05) is 16.3 Å². The van der Waals surface area contributed by atoms with E-state index >= 15 is 0 Å². The van der Waals surface area contributed by atoms with Crippen molar-refractivity contribution in [1.29, 1.82) is 0 Å². The molecule has 0 spiro atoms.